The van der Waals surface area contributed by atoms with Crippen molar-refractivity contribution in [3.63, 3.8) is 0 Å². The lowest BCUT2D eigenvalue weighted by Gasteiger charge is -2.45. The van der Waals surface area contributed by atoms with Crippen LogP contribution in [0.25, 0.3) is 90.1 Å². The van der Waals surface area contributed by atoms with Gasteiger partial charge < -0.3 is 19.6 Å². The SMILES string of the molecule is CC(C)(C)c1cc(N2c3cc(-c4ccccc4)ccc3B3c4ccc(-c5ccccc5)cc4N(c4cc(C(C)(C)C)cc(C(C)(C)C)c4)c4cc(-c5nc(-c6ccccc6)nc(-c6ccccc6)n5)cc2c43)cc(C(C)(C)C)c1.CC(C)(C)c1cc(N2c3cc(-c4ccccc4)ccc3B3c4ccc(-c5ccccc5)cc4N(c4cc(C(C)(C)C)cc(C(C)(C)C)c4)c4cc(-c5ncncn5)cc2c43)cc(C(C)(C)C)c1. The molecule has 0 bridgehead atoms. The zero-order chi connectivity index (χ0) is 102. The van der Waals surface area contributed by atoms with Crippen molar-refractivity contribution in [1.29, 1.82) is 0 Å². The van der Waals surface area contributed by atoms with Crippen LogP contribution in [0.2, 0.25) is 0 Å². The first-order valence-corrected chi connectivity index (χ1v) is 51.9. The van der Waals surface area contributed by atoms with Gasteiger partial charge in [0.2, 0.25) is 0 Å². The molecule has 16 aromatic carbocycles. The van der Waals surface area contributed by atoms with Crippen molar-refractivity contribution in [2.75, 3.05) is 19.6 Å². The van der Waals surface area contributed by atoms with E-state index in [9.17, 15) is 0 Å². The van der Waals surface area contributed by atoms with Crippen LogP contribution in [-0.2, 0) is 43.3 Å². The molecule has 146 heavy (non-hydrogen) atoms. The third-order valence-electron chi connectivity index (χ3n) is 29.9. The number of hydrogen-bond acceptors (Lipinski definition) is 10. The second kappa shape index (κ2) is 36.6. The zero-order valence-electron chi connectivity index (χ0n) is 89.3. The molecule has 22 rings (SSSR count). The number of hydrogen-bond donors (Lipinski definition) is 0. The molecule has 0 aliphatic carbocycles. The molecular formula is C134H132B2N10. The van der Waals surface area contributed by atoms with Gasteiger partial charge in [-0.15, -0.1) is 0 Å². The van der Waals surface area contributed by atoms with Crippen LogP contribution in [0.3, 0.4) is 0 Å². The molecule has 724 valence electrons. The second-order valence-corrected chi connectivity index (χ2v) is 48.7. The van der Waals surface area contributed by atoms with Crippen LogP contribution in [0.5, 0.6) is 0 Å². The Morgan fingerprint density at radius 1 is 0.171 bits per heavy atom. The summed E-state index contributed by atoms with van der Waals surface area (Å²) in [4.78, 5) is 40.4. The van der Waals surface area contributed by atoms with Gasteiger partial charge in [-0.3, -0.25) is 0 Å². The molecule has 0 atom stereocenters. The first-order valence-electron chi connectivity index (χ1n) is 51.9. The first kappa shape index (κ1) is 97.0. The van der Waals surface area contributed by atoms with Crippen LogP contribution in [0.15, 0.2) is 365 Å². The summed E-state index contributed by atoms with van der Waals surface area (Å²) in [6, 6.07) is 131. The number of nitrogens with zero attached hydrogens (tertiary/aromatic N) is 10. The highest BCUT2D eigenvalue weighted by Gasteiger charge is 2.48. The van der Waals surface area contributed by atoms with E-state index in [0.717, 1.165) is 90.3 Å². The standard InChI is InChI=1S/C73H70BN5.C61H62BN5/c1-70(2,3)54-41-55(71(4,5)6)44-58(43-54)78-62-37-51(47-25-17-13-18-26-47)33-35-60(62)74-61-36-34-52(48-27-19-14-20-28-48)38-63(61)79(59-45-56(72(7,8)9)42-57(46-59)73(10,11)12)65-40-53(39-64(78)66(65)74)69-76-67(49-29-21-15-22-30-49)75-68(77-69)50-31-23-16-24-32-50;1-58(2,3)44-31-45(59(4,5)6)34-48(33-44)66-52-27-41(39-19-15-13-16-20-39)23-25-50(52)62-51-26-24-42(40-21-17-14-18-22-40)28-53(51)67(49-35-46(60(7,8)9)32-47(36-49)61(10,11)12)55-30-43(29-54(66)56(55)62)57-64-37-63-38-65-57/h13-46H,1-12H3;13-38H,1-12H3. The number of aromatic nitrogens is 6. The number of benzene rings is 16. The maximum Gasteiger partial charge on any atom is 0.252 e. The highest BCUT2D eigenvalue weighted by Crippen LogP contribution is 2.54. The van der Waals surface area contributed by atoms with Crippen molar-refractivity contribution < 1.29 is 0 Å². The second-order valence-electron chi connectivity index (χ2n) is 48.7. The summed E-state index contributed by atoms with van der Waals surface area (Å²) in [7, 11) is 0. The van der Waals surface area contributed by atoms with E-state index in [4.69, 9.17) is 24.9 Å². The first-order chi connectivity index (χ1) is 69.4. The Morgan fingerprint density at radius 2 is 0.356 bits per heavy atom. The molecule has 0 fully saturated rings. The van der Waals surface area contributed by atoms with Crippen LogP contribution >= 0.6 is 0 Å². The molecule has 0 saturated carbocycles. The van der Waals surface area contributed by atoms with E-state index < -0.39 is 0 Å². The molecule has 2 aromatic heterocycles. The minimum absolute atomic E-state index is 0.0784. The van der Waals surface area contributed by atoms with Crippen LogP contribution in [0, 0.1) is 0 Å². The Morgan fingerprint density at radius 3 is 0.562 bits per heavy atom. The predicted molar refractivity (Wildman–Crippen MR) is 621 cm³/mol. The van der Waals surface area contributed by atoms with Crippen molar-refractivity contribution in [3.05, 3.63) is 409 Å². The molecule has 18 aromatic rings. The van der Waals surface area contributed by atoms with Gasteiger partial charge in [-0.2, -0.15) is 0 Å². The predicted octanol–water partition coefficient (Wildman–Crippen LogP) is 31.6. The average molecular weight is 1900 g/mol. The van der Waals surface area contributed by atoms with Crippen LogP contribution in [0.4, 0.5) is 68.2 Å². The highest BCUT2D eigenvalue weighted by atomic mass is 15.2. The number of anilines is 12. The summed E-state index contributed by atoms with van der Waals surface area (Å²) in [5, 5.41) is 0. The topological polar surface area (TPSA) is 90.3 Å². The Bertz CT molecular complexity index is 7480. The lowest BCUT2D eigenvalue weighted by molar-refractivity contribution is 0.568. The van der Waals surface area contributed by atoms with Crippen molar-refractivity contribution in [3.8, 4) is 90.1 Å². The Balaban J connectivity index is 0.000000174. The van der Waals surface area contributed by atoms with Crippen molar-refractivity contribution in [2.45, 2.75) is 209 Å². The Labute approximate surface area is 866 Å². The lowest BCUT2D eigenvalue weighted by atomic mass is 9.33. The van der Waals surface area contributed by atoms with Gasteiger partial charge >= 0.3 is 0 Å². The van der Waals surface area contributed by atoms with Gasteiger partial charge in [0.25, 0.3) is 13.4 Å². The van der Waals surface area contributed by atoms with Crippen molar-refractivity contribution in [2.24, 2.45) is 0 Å². The van der Waals surface area contributed by atoms with Crippen LogP contribution in [-0.4, -0.2) is 43.3 Å². The van der Waals surface area contributed by atoms with Gasteiger partial charge in [0.05, 0.1) is 0 Å². The fraction of sp³-hybridized carbons (Fsp3) is 0.239. The van der Waals surface area contributed by atoms with Crippen molar-refractivity contribution in [1.82, 2.24) is 29.9 Å². The van der Waals surface area contributed by atoms with Gasteiger partial charge in [0.1, 0.15) is 12.7 Å². The molecule has 0 amide bonds. The van der Waals surface area contributed by atoms with E-state index in [1.54, 1.807) is 12.7 Å². The molecule has 4 aliphatic heterocycles. The van der Waals surface area contributed by atoms with Gasteiger partial charge in [-0.25, -0.2) is 29.9 Å². The number of fused-ring (bicyclic) bond motifs is 8. The van der Waals surface area contributed by atoms with E-state index in [1.165, 1.54) is 122 Å². The summed E-state index contributed by atoms with van der Waals surface area (Å²) in [6.07, 6.45) is 3.22. The van der Waals surface area contributed by atoms with Crippen LogP contribution in [0.1, 0.15) is 211 Å². The van der Waals surface area contributed by atoms with E-state index in [1.807, 2.05) is 12.1 Å². The summed E-state index contributed by atoms with van der Waals surface area (Å²) < 4.78 is 0. The Kier molecular flexibility index (Phi) is 24.3. The number of rotatable bonds is 12. The molecule has 0 N–H and O–H groups in total. The summed E-state index contributed by atoms with van der Waals surface area (Å²) >= 11 is 0. The zero-order valence-corrected chi connectivity index (χ0v) is 89.3. The fourth-order valence-electron chi connectivity index (χ4n) is 21.3. The minimum Gasteiger partial charge on any atom is -0.311 e. The normalized spacial score (nSPS) is 13.4. The molecule has 0 radical (unpaired) electrons. The van der Waals surface area contributed by atoms with Gasteiger partial charge in [-0.05, 0) is 262 Å². The smallest absolute Gasteiger partial charge is 0.252 e. The Hall–Kier alpha value is -15.1. The third-order valence-corrected chi connectivity index (χ3v) is 29.9. The maximum absolute atomic E-state index is 5.48. The molecule has 0 saturated heterocycles. The molecular weight excluding hydrogens is 1770 g/mol. The third kappa shape index (κ3) is 18.6. The van der Waals surface area contributed by atoms with Gasteiger partial charge in [0.15, 0.2) is 23.3 Å². The van der Waals surface area contributed by atoms with E-state index in [0.29, 0.717) is 23.3 Å². The molecule has 0 spiro atoms. The molecule has 12 heteroatoms. The largest absolute Gasteiger partial charge is 0.311 e. The summed E-state index contributed by atoms with van der Waals surface area (Å²) in [5.74, 6) is 2.49. The van der Waals surface area contributed by atoms with Crippen molar-refractivity contribution >= 4 is 114 Å². The van der Waals surface area contributed by atoms with Gasteiger partial charge in [-0.1, -0.05) is 421 Å². The molecule has 10 nitrogen and oxygen atoms in total. The van der Waals surface area contributed by atoms with Gasteiger partial charge in [0, 0.05) is 90.5 Å². The highest BCUT2D eigenvalue weighted by molar-refractivity contribution is 7.01. The molecule has 6 heterocycles. The van der Waals surface area contributed by atoms with E-state index in [-0.39, 0.29) is 56.7 Å². The molecule has 0 unspecified atom stereocenters. The van der Waals surface area contributed by atoms with E-state index >= 15 is 0 Å². The average Bonchev–Trinajstić information content (AvgIpc) is 0.693. The fourth-order valence-corrected chi connectivity index (χ4v) is 21.3. The minimum atomic E-state index is -0.134. The monoisotopic (exact) mass is 1900 g/mol. The summed E-state index contributed by atoms with van der Waals surface area (Å²) in [6.45, 7) is 55.7. The quantitative estimate of drug-likeness (QED) is 0.110. The maximum atomic E-state index is 5.48. The van der Waals surface area contributed by atoms with Crippen LogP contribution < -0.4 is 52.4 Å². The molecule has 4 aliphatic rings. The lowest BCUT2D eigenvalue weighted by Crippen LogP contribution is -2.61. The summed E-state index contributed by atoms with van der Waals surface area (Å²) in [5.41, 5.74) is 43.6. The van der Waals surface area contributed by atoms with E-state index in [2.05, 4.69) is 530 Å².